The largest absolute Gasteiger partial charge is 0.480 e. The number of carbonyl (C=O) groups is 2. The first-order chi connectivity index (χ1) is 8.54. The van der Waals surface area contributed by atoms with E-state index in [1.54, 1.807) is 24.3 Å². The lowest BCUT2D eigenvalue weighted by atomic mass is 10.1. The first-order valence-corrected chi connectivity index (χ1v) is 6.18. The van der Waals surface area contributed by atoms with Gasteiger partial charge in [-0.3, -0.25) is 4.79 Å². The van der Waals surface area contributed by atoms with Crippen LogP contribution in [0.25, 0.3) is 0 Å². The van der Waals surface area contributed by atoms with Gasteiger partial charge in [0.1, 0.15) is 6.04 Å². The van der Waals surface area contributed by atoms with E-state index in [4.69, 9.17) is 16.7 Å². The zero-order valence-corrected chi connectivity index (χ0v) is 10.9. The Bertz CT molecular complexity index is 434. The number of hydrogen-bond donors (Lipinski definition) is 2. The molecule has 0 aliphatic carbocycles. The van der Waals surface area contributed by atoms with E-state index in [0.29, 0.717) is 23.4 Å². The average molecular weight is 270 g/mol. The molecule has 0 unspecified atom stereocenters. The number of carbonyl (C=O) groups excluding carboxylic acids is 1. The summed E-state index contributed by atoms with van der Waals surface area (Å²) in [6.45, 7) is 1.87. The minimum absolute atomic E-state index is 0.0904. The van der Waals surface area contributed by atoms with Gasteiger partial charge in [-0.25, -0.2) is 4.79 Å². The van der Waals surface area contributed by atoms with E-state index in [0.717, 1.165) is 0 Å². The van der Waals surface area contributed by atoms with Crippen molar-refractivity contribution in [1.82, 2.24) is 5.32 Å². The normalized spacial score (nSPS) is 11.9. The summed E-state index contributed by atoms with van der Waals surface area (Å²) in [6.07, 6.45) is 1.21. The number of carboxylic acids is 1. The topological polar surface area (TPSA) is 66.4 Å². The van der Waals surface area contributed by atoms with Crippen LogP contribution in [-0.4, -0.2) is 23.0 Å². The quantitative estimate of drug-likeness (QED) is 0.832. The molecule has 5 heteroatoms. The van der Waals surface area contributed by atoms with Crippen molar-refractivity contribution in [2.24, 2.45) is 0 Å². The van der Waals surface area contributed by atoms with Gasteiger partial charge in [0.2, 0.25) is 5.91 Å². The highest BCUT2D eigenvalue weighted by molar-refractivity contribution is 6.31. The van der Waals surface area contributed by atoms with E-state index in [2.05, 4.69) is 5.32 Å². The summed E-state index contributed by atoms with van der Waals surface area (Å²) in [5, 5.41) is 11.9. The molecule has 1 atom stereocenters. The van der Waals surface area contributed by atoms with Crippen LogP contribution >= 0.6 is 11.6 Å². The minimum Gasteiger partial charge on any atom is -0.480 e. The average Bonchev–Trinajstić information content (AvgIpc) is 2.31. The molecule has 0 aromatic heterocycles. The van der Waals surface area contributed by atoms with E-state index in [1.807, 2.05) is 6.92 Å². The molecule has 1 amide bonds. The fourth-order valence-electron chi connectivity index (χ4n) is 1.61. The van der Waals surface area contributed by atoms with Crippen molar-refractivity contribution in [1.29, 1.82) is 0 Å². The summed E-state index contributed by atoms with van der Waals surface area (Å²) < 4.78 is 0. The second-order valence-electron chi connectivity index (χ2n) is 4.02. The van der Waals surface area contributed by atoms with E-state index in [9.17, 15) is 9.59 Å². The van der Waals surface area contributed by atoms with Gasteiger partial charge in [-0.15, -0.1) is 0 Å². The molecule has 98 valence electrons. The lowest BCUT2D eigenvalue weighted by molar-refractivity contribution is -0.141. The van der Waals surface area contributed by atoms with Gasteiger partial charge < -0.3 is 10.4 Å². The Morgan fingerprint density at radius 1 is 1.39 bits per heavy atom. The maximum absolute atomic E-state index is 11.7. The van der Waals surface area contributed by atoms with E-state index in [-0.39, 0.29) is 12.3 Å². The molecule has 1 aromatic rings. The number of carboxylic acid groups (broad SMARTS) is 1. The van der Waals surface area contributed by atoms with Crippen molar-refractivity contribution in [3.63, 3.8) is 0 Å². The predicted octanol–water partition coefficient (Wildman–Crippen LogP) is 2.25. The molecule has 0 heterocycles. The molecule has 2 N–H and O–H groups in total. The van der Waals surface area contributed by atoms with Crippen LogP contribution in [-0.2, 0) is 16.0 Å². The molecule has 0 aliphatic heterocycles. The summed E-state index contributed by atoms with van der Waals surface area (Å²) >= 11 is 5.93. The van der Waals surface area contributed by atoms with Crippen LogP contribution in [0.5, 0.6) is 0 Å². The zero-order chi connectivity index (χ0) is 13.5. The predicted molar refractivity (Wildman–Crippen MR) is 69.6 cm³/mol. The van der Waals surface area contributed by atoms with Crippen molar-refractivity contribution in [3.8, 4) is 0 Å². The lowest BCUT2D eigenvalue weighted by Crippen LogP contribution is -2.41. The van der Waals surface area contributed by atoms with Gasteiger partial charge in [0.25, 0.3) is 0 Å². The molecule has 18 heavy (non-hydrogen) atoms. The highest BCUT2D eigenvalue weighted by Gasteiger charge is 2.19. The summed E-state index contributed by atoms with van der Waals surface area (Å²) in [5.74, 6) is -1.34. The van der Waals surface area contributed by atoms with Crippen molar-refractivity contribution >= 4 is 23.5 Å². The third-order valence-electron chi connectivity index (χ3n) is 2.52. The first kappa shape index (κ1) is 14.5. The van der Waals surface area contributed by atoms with Crippen LogP contribution < -0.4 is 5.32 Å². The molecule has 0 saturated heterocycles. The summed E-state index contributed by atoms with van der Waals surface area (Å²) in [6, 6.07) is 6.18. The van der Waals surface area contributed by atoms with Crippen LogP contribution in [0.2, 0.25) is 5.02 Å². The van der Waals surface area contributed by atoms with Crippen molar-refractivity contribution < 1.29 is 14.7 Å². The van der Waals surface area contributed by atoms with Gasteiger partial charge >= 0.3 is 5.97 Å². The maximum atomic E-state index is 11.7. The summed E-state index contributed by atoms with van der Waals surface area (Å²) in [7, 11) is 0. The number of nitrogens with one attached hydrogen (secondary N) is 1. The molecule has 0 fully saturated rings. The Morgan fingerprint density at radius 3 is 2.61 bits per heavy atom. The highest BCUT2D eigenvalue weighted by atomic mass is 35.5. The van der Waals surface area contributed by atoms with Gasteiger partial charge in [-0.1, -0.05) is 43.1 Å². The summed E-state index contributed by atoms with van der Waals surface area (Å²) in [5.41, 5.74) is 0.692. The van der Waals surface area contributed by atoms with Crippen molar-refractivity contribution in [2.45, 2.75) is 32.2 Å². The van der Waals surface area contributed by atoms with E-state index >= 15 is 0 Å². The minimum atomic E-state index is -1.01. The van der Waals surface area contributed by atoms with Gasteiger partial charge in [-0.2, -0.15) is 0 Å². The van der Waals surface area contributed by atoms with E-state index in [1.165, 1.54) is 0 Å². The Kier molecular flexibility index (Phi) is 5.65. The first-order valence-electron chi connectivity index (χ1n) is 5.80. The van der Waals surface area contributed by atoms with E-state index < -0.39 is 12.0 Å². The van der Waals surface area contributed by atoms with Crippen molar-refractivity contribution in [2.75, 3.05) is 0 Å². The standard InChI is InChI=1S/C13H16ClNO3/c1-2-5-11(13(17)18)15-12(16)8-9-6-3-4-7-10(9)14/h3-4,6-7,11H,2,5,8H2,1H3,(H,15,16)(H,17,18)/t11-/m0/s1. The Morgan fingerprint density at radius 2 is 2.06 bits per heavy atom. The van der Waals surface area contributed by atoms with Crippen LogP contribution in [0.15, 0.2) is 24.3 Å². The number of rotatable bonds is 6. The number of aliphatic carboxylic acids is 1. The van der Waals surface area contributed by atoms with Gasteiger partial charge in [-0.05, 0) is 18.1 Å². The molecule has 4 nitrogen and oxygen atoms in total. The molecule has 1 aromatic carbocycles. The van der Waals surface area contributed by atoms with Gasteiger partial charge in [0.05, 0.1) is 6.42 Å². The van der Waals surface area contributed by atoms with Crippen LogP contribution in [0, 0.1) is 0 Å². The molecule has 0 saturated carbocycles. The summed E-state index contributed by atoms with van der Waals surface area (Å²) in [4.78, 5) is 22.6. The molecule has 0 aliphatic rings. The second kappa shape index (κ2) is 7.01. The molecular formula is C13H16ClNO3. The monoisotopic (exact) mass is 269 g/mol. The zero-order valence-electron chi connectivity index (χ0n) is 10.1. The third-order valence-corrected chi connectivity index (χ3v) is 2.89. The maximum Gasteiger partial charge on any atom is 0.326 e. The lowest BCUT2D eigenvalue weighted by Gasteiger charge is -2.13. The highest BCUT2D eigenvalue weighted by Crippen LogP contribution is 2.15. The Labute approximate surface area is 111 Å². The van der Waals surface area contributed by atoms with Crippen molar-refractivity contribution in [3.05, 3.63) is 34.9 Å². The Hall–Kier alpha value is -1.55. The smallest absolute Gasteiger partial charge is 0.326 e. The molecule has 0 radical (unpaired) electrons. The fraction of sp³-hybridized carbons (Fsp3) is 0.385. The van der Waals surface area contributed by atoms with Gasteiger partial charge in [0.15, 0.2) is 0 Å². The van der Waals surface area contributed by atoms with Gasteiger partial charge in [0, 0.05) is 5.02 Å². The number of hydrogen-bond acceptors (Lipinski definition) is 2. The number of benzene rings is 1. The number of amides is 1. The van der Waals surface area contributed by atoms with Crippen LogP contribution in [0.1, 0.15) is 25.3 Å². The molecule has 1 rings (SSSR count). The SMILES string of the molecule is CCC[C@H](NC(=O)Cc1ccccc1Cl)C(=O)O. The Balaban J connectivity index is 2.61. The second-order valence-corrected chi connectivity index (χ2v) is 4.42. The molecular weight excluding hydrogens is 254 g/mol. The number of halogens is 1. The molecule has 0 bridgehead atoms. The van der Waals surface area contributed by atoms with Crippen LogP contribution in [0.3, 0.4) is 0 Å². The molecule has 0 spiro atoms. The fourth-order valence-corrected chi connectivity index (χ4v) is 1.81. The third kappa shape index (κ3) is 4.37. The van der Waals surface area contributed by atoms with Crippen LogP contribution in [0.4, 0.5) is 0 Å².